The fourth-order valence-corrected chi connectivity index (χ4v) is 2.24. The van der Waals surface area contributed by atoms with Crippen molar-refractivity contribution in [2.45, 2.75) is 12.8 Å². The van der Waals surface area contributed by atoms with E-state index in [4.69, 9.17) is 10.8 Å². The molecule has 0 unspecified atom stereocenters. The lowest BCUT2D eigenvalue weighted by molar-refractivity contribution is 0.0641. The van der Waals surface area contributed by atoms with E-state index in [1.807, 2.05) is 0 Å². The number of nitrogen functional groups attached to an aromatic ring is 1. The lowest BCUT2D eigenvalue weighted by atomic mass is 9.97. The van der Waals surface area contributed by atoms with Crippen molar-refractivity contribution in [2.75, 3.05) is 25.4 Å². The Morgan fingerprint density at radius 2 is 2.00 bits per heavy atom. The van der Waals surface area contributed by atoms with Crippen LogP contribution in [-0.4, -0.2) is 35.6 Å². The lowest BCUT2D eigenvalue weighted by Crippen LogP contribution is -2.40. The SMILES string of the molecule is Nc1ccc(F)c(C(=O)N2CCC(CO)CC2)c1F. The van der Waals surface area contributed by atoms with E-state index in [1.54, 1.807) is 0 Å². The predicted octanol–water partition coefficient (Wildman–Crippen LogP) is 1.39. The average Bonchev–Trinajstić information content (AvgIpc) is 2.43. The van der Waals surface area contributed by atoms with Crippen molar-refractivity contribution in [3.8, 4) is 0 Å². The van der Waals surface area contributed by atoms with E-state index in [-0.39, 0.29) is 18.2 Å². The van der Waals surface area contributed by atoms with Gasteiger partial charge in [-0.25, -0.2) is 8.78 Å². The number of aliphatic hydroxyl groups excluding tert-OH is 1. The molecule has 1 amide bonds. The number of piperidine rings is 1. The summed E-state index contributed by atoms with van der Waals surface area (Å²) in [4.78, 5) is 13.5. The quantitative estimate of drug-likeness (QED) is 0.798. The second-order valence-corrected chi connectivity index (χ2v) is 4.74. The predicted molar refractivity (Wildman–Crippen MR) is 66.5 cm³/mol. The molecule has 0 bridgehead atoms. The summed E-state index contributed by atoms with van der Waals surface area (Å²) in [7, 11) is 0. The molecule has 2 rings (SSSR count). The molecule has 1 fully saturated rings. The second kappa shape index (κ2) is 5.52. The number of amides is 1. The van der Waals surface area contributed by atoms with Gasteiger partial charge in [0.25, 0.3) is 5.91 Å². The van der Waals surface area contributed by atoms with Crippen molar-refractivity contribution in [3.05, 3.63) is 29.3 Å². The summed E-state index contributed by atoms with van der Waals surface area (Å²) < 4.78 is 27.4. The number of hydrogen-bond donors (Lipinski definition) is 2. The Labute approximate surface area is 109 Å². The number of carbonyl (C=O) groups is 1. The molecular weight excluding hydrogens is 254 g/mol. The highest BCUT2D eigenvalue weighted by Crippen LogP contribution is 2.23. The van der Waals surface area contributed by atoms with Crippen LogP contribution in [0.3, 0.4) is 0 Å². The monoisotopic (exact) mass is 270 g/mol. The van der Waals surface area contributed by atoms with Crippen LogP contribution in [0, 0.1) is 17.6 Å². The zero-order valence-electron chi connectivity index (χ0n) is 10.4. The number of nitrogens with zero attached hydrogens (tertiary/aromatic N) is 1. The van der Waals surface area contributed by atoms with Gasteiger partial charge in [-0.2, -0.15) is 0 Å². The van der Waals surface area contributed by atoms with Crippen molar-refractivity contribution in [1.82, 2.24) is 4.90 Å². The topological polar surface area (TPSA) is 66.6 Å². The molecule has 1 aromatic rings. The number of likely N-dealkylation sites (tertiary alicyclic amines) is 1. The summed E-state index contributed by atoms with van der Waals surface area (Å²) >= 11 is 0. The van der Waals surface area contributed by atoms with Gasteiger partial charge in [0, 0.05) is 19.7 Å². The third-order valence-electron chi connectivity index (χ3n) is 3.49. The second-order valence-electron chi connectivity index (χ2n) is 4.74. The van der Waals surface area contributed by atoms with E-state index in [2.05, 4.69) is 0 Å². The number of carbonyl (C=O) groups excluding carboxylic acids is 1. The Morgan fingerprint density at radius 1 is 1.37 bits per heavy atom. The van der Waals surface area contributed by atoms with Crippen LogP contribution in [0.2, 0.25) is 0 Å². The highest BCUT2D eigenvalue weighted by Gasteiger charge is 2.28. The Bertz CT molecular complexity index is 486. The third-order valence-corrected chi connectivity index (χ3v) is 3.49. The van der Waals surface area contributed by atoms with E-state index in [1.165, 1.54) is 4.90 Å². The van der Waals surface area contributed by atoms with Crippen LogP contribution in [0.4, 0.5) is 14.5 Å². The largest absolute Gasteiger partial charge is 0.396 e. The first-order valence-corrected chi connectivity index (χ1v) is 6.18. The highest BCUT2D eigenvalue weighted by atomic mass is 19.1. The summed E-state index contributed by atoms with van der Waals surface area (Å²) in [5.74, 6) is -2.44. The van der Waals surface area contributed by atoms with Crippen molar-refractivity contribution < 1.29 is 18.7 Å². The van der Waals surface area contributed by atoms with Gasteiger partial charge in [0.15, 0.2) is 5.82 Å². The van der Waals surface area contributed by atoms with Gasteiger partial charge in [0.05, 0.1) is 5.69 Å². The number of anilines is 1. The van der Waals surface area contributed by atoms with Crippen molar-refractivity contribution in [3.63, 3.8) is 0 Å². The van der Waals surface area contributed by atoms with Crippen LogP contribution < -0.4 is 5.73 Å². The number of rotatable bonds is 2. The average molecular weight is 270 g/mol. The minimum Gasteiger partial charge on any atom is -0.396 e. The molecule has 0 atom stereocenters. The Morgan fingerprint density at radius 3 is 2.58 bits per heavy atom. The summed E-state index contributed by atoms with van der Waals surface area (Å²) in [6.07, 6.45) is 1.27. The third kappa shape index (κ3) is 2.68. The van der Waals surface area contributed by atoms with Crippen LogP contribution in [0.5, 0.6) is 0 Å². The van der Waals surface area contributed by atoms with Crippen LogP contribution in [-0.2, 0) is 0 Å². The first-order chi connectivity index (χ1) is 9.04. The molecule has 4 nitrogen and oxygen atoms in total. The summed E-state index contributed by atoms with van der Waals surface area (Å²) in [6.45, 7) is 0.846. The molecule has 0 radical (unpaired) electrons. The van der Waals surface area contributed by atoms with Crippen molar-refractivity contribution in [1.29, 1.82) is 0 Å². The zero-order chi connectivity index (χ0) is 14.0. The molecule has 6 heteroatoms. The molecule has 0 saturated carbocycles. The molecule has 0 aliphatic carbocycles. The smallest absolute Gasteiger partial charge is 0.259 e. The van der Waals surface area contributed by atoms with Gasteiger partial charge in [-0.05, 0) is 30.9 Å². The molecular formula is C13H16F2N2O2. The fraction of sp³-hybridized carbons (Fsp3) is 0.462. The van der Waals surface area contributed by atoms with Crippen LogP contribution >= 0.6 is 0 Å². The molecule has 1 aliphatic rings. The van der Waals surface area contributed by atoms with E-state index in [0.29, 0.717) is 25.9 Å². The molecule has 19 heavy (non-hydrogen) atoms. The molecule has 0 aromatic heterocycles. The molecule has 1 aliphatic heterocycles. The fourth-order valence-electron chi connectivity index (χ4n) is 2.24. The van der Waals surface area contributed by atoms with Crippen LogP contribution in [0.1, 0.15) is 23.2 Å². The number of benzene rings is 1. The van der Waals surface area contributed by atoms with E-state index in [0.717, 1.165) is 12.1 Å². The Balaban J connectivity index is 2.19. The van der Waals surface area contributed by atoms with Crippen molar-refractivity contribution >= 4 is 11.6 Å². The normalized spacial score (nSPS) is 16.7. The molecule has 104 valence electrons. The van der Waals surface area contributed by atoms with Crippen LogP contribution in [0.25, 0.3) is 0 Å². The first-order valence-electron chi connectivity index (χ1n) is 6.18. The van der Waals surface area contributed by atoms with Gasteiger partial charge in [-0.1, -0.05) is 0 Å². The van der Waals surface area contributed by atoms with Gasteiger partial charge in [-0.15, -0.1) is 0 Å². The summed E-state index contributed by atoms with van der Waals surface area (Å²) in [5, 5.41) is 9.02. The summed E-state index contributed by atoms with van der Waals surface area (Å²) in [5.41, 5.74) is 4.52. The zero-order valence-corrected chi connectivity index (χ0v) is 10.4. The summed E-state index contributed by atoms with van der Waals surface area (Å²) in [6, 6.07) is 2.09. The maximum atomic E-state index is 13.8. The number of nitrogens with two attached hydrogens (primary N) is 1. The van der Waals surface area contributed by atoms with Gasteiger partial charge < -0.3 is 15.7 Å². The maximum Gasteiger partial charge on any atom is 0.259 e. The molecule has 3 N–H and O–H groups in total. The number of aliphatic hydroxyl groups is 1. The van der Waals surface area contributed by atoms with Gasteiger partial charge >= 0.3 is 0 Å². The van der Waals surface area contributed by atoms with E-state index >= 15 is 0 Å². The van der Waals surface area contributed by atoms with Crippen molar-refractivity contribution in [2.24, 2.45) is 5.92 Å². The first kappa shape index (κ1) is 13.7. The lowest BCUT2D eigenvalue weighted by Gasteiger charge is -2.31. The van der Waals surface area contributed by atoms with Crippen LogP contribution in [0.15, 0.2) is 12.1 Å². The molecule has 1 heterocycles. The molecule has 1 aromatic carbocycles. The molecule has 0 spiro atoms. The maximum absolute atomic E-state index is 13.8. The van der Waals surface area contributed by atoms with E-state index in [9.17, 15) is 13.6 Å². The van der Waals surface area contributed by atoms with E-state index < -0.39 is 23.1 Å². The molecule has 1 saturated heterocycles. The Kier molecular flexibility index (Phi) is 3.99. The van der Waals surface area contributed by atoms with Gasteiger partial charge in [0.1, 0.15) is 11.4 Å². The number of halogens is 2. The van der Waals surface area contributed by atoms with Gasteiger partial charge in [-0.3, -0.25) is 4.79 Å². The number of hydrogen-bond acceptors (Lipinski definition) is 3. The highest BCUT2D eigenvalue weighted by molar-refractivity contribution is 5.95. The standard InChI is InChI=1S/C13H16F2N2O2/c14-9-1-2-10(16)12(15)11(9)13(19)17-5-3-8(7-18)4-6-17/h1-2,8,18H,3-7,16H2. The Hall–Kier alpha value is -1.69. The minimum absolute atomic E-state index is 0.0725. The minimum atomic E-state index is -1.01. The van der Waals surface area contributed by atoms with Gasteiger partial charge in [0.2, 0.25) is 0 Å².